The van der Waals surface area contributed by atoms with Gasteiger partial charge in [-0.25, -0.2) is 9.97 Å². The third-order valence-corrected chi connectivity index (χ3v) is 2.93. The van der Waals surface area contributed by atoms with Crippen molar-refractivity contribution in [2.45, 2.75) is 6.92 Å². The van der Waals surface area contributed by atoms with E-state index in [0.29, 0.717) is 10.8 Å². The lowest BCUT2D eigenvalue weighted by atomic mass is 10.2. The number of anilines is 1. The molecular formula is C10H8N4OS. The maximum Gasteiger partial charge on any atom is 0.191 e. The first-order chi connectivity index (χ1) is 7.72. The molecule has 5 nitrogen and oxygen atoms in total. The van der Waals surface area contributed by atoms with Crippen LogP contribution in [-0.2, 0) is 0 Å². The molecule has 0 aliphatic rings. The Morgan fingerprint density at radius 2 is 2.25 bits per heavy atom. The Hall–Kier alpha value is -1.95. The van der Waals surface area contributed by atoms with Gasteiger partial charge in [0.15, 0.2) is 15.6 Å². The smallest absolute Gasteiger partial charge is 0.191 e. The van der Waals surface area contributed by atoms with Gasteiger partial charge < -0.3 is 10.2 Å². The predicted octanol–water partition coefficient (Wildman–Crippen LogP) is 2.24. The third-order valence-electron chi connectivity index (χ3n) is 2.17. The van der Waals surface area contributed by atoms with Crippen molar-refractivity contribution in [3.63, 3.8) is 0 Å². The molecule has 0 fully saturated rings. The van der Waals surface area contributed by atoms with E-state index in [1.165, 1.54) is 11.3 Å². The van der Waals surface area contributed by atoms with Gasteiger partial charge in [-0.15, -0.1) is 0 Å². The number of nitrogens with zero attached hydrogens (tertiary/aromatic N) is 3. The lowest BCUT2D eigenvalue weighted by Crippen LogP contribution is -1.85. The molecule has 0 aromatic carbocycles. The number of hydrogen-bond acceptors (Lipinski definition) is 6. The minimum atomic E-state index is 0.482. The number of fused-ring (bicyclic) bond motifs is 1. The molecule has 0 amide bonds. The zero-order valence-corrected chi connectivity index (χ0v) is 9.28. The van der Waals surface area contributed by atoms with Gasteiger partial charge in [0, 0.05) is 5.56 Å². The van der Waals surface area contributed by atoms with E-state index in [2.05, 4.69) is 15.0 Å². The van der Waals surface area contributed by atoms with Crippen molar-refractivity contribution >= 4 is 26.9 Å². The number of aromatic nitrogens is 3. The summed E-state index contributed by atoms with van der Waals surface area (Å²) in [7, 11) is 0. The molecule has 0 aliphatic carbocycles. The summed E-state index contributed by atoms with van der Waals surface area (Å²) >= 11 is 1.33. The highest BCUT2D eigenvalue weighted by atomic mass is 32.1. The Bertz CT molecular complexity index is 658. The minimum Gasteiger partial charge on any atom is -0.469 e. The van der Waals surface area contributed by atoms with Crippen LogP contribution in [0.3, 0.4) is 0 Å². The molecule has 80 valence electrons. The second-order valence-corrected chi connectivity index (χ2v) is 4.39. The average Bonchev–Trinajstić information content (AvgIpc) is 2.81. The summed E-state index contributed by atoms with van der Waals surface area (Å²) in [6, 6.07) is 1.92. The molecule has 0 atom stereocenters. The van der Waals surface area contributed by atoms with Gasteiger partial charge in [-0.3, -0.25) is 0 Å². The van der Waals surface area contributed by atoms with E-state index >= 15 is 0 Å². The van der Waals surface area contributed by atoms with Gasteiger partial charge in [-0.05, 0) is 13.0 Å². The first-order valence-electron chi connectivity index (χ1n) is 4.67. The Labute approximate surface area is 95.0 Å². The number of nitrogen functional groups attached to an aromatic ring is 1. The standard InChI is InChI=1S/C10H8N4OS/c1-5-2-6(4-15-5)7-3-12-8-9(13-7)16-10(11)14-8/h2-4H,1H3,(H2,11,12,14). The van der Waals surface area contributed by atoms with E-state index in [-0.39, 0.29) is 0 Å². The van der Waals surface area contributed by atoms with Gasteiger partial charge in [0.1, 0.15) is 12.0 Å². The fourth-order valence-corrected chi connectivity index (χ4v) is 2.12. The first kappa shape index (κ1) is 9.29. The summed E-state index contributed by atoms with van der Waals surface area (Å²) in [4.78, 5) is 13.4. The van der Waals surface area contributed by atoms with E-state index in [1.807, 2.05) is 13.0 Å². The second kappa shape index (κ2) is 3.28. The van der Waals surface area contributed by atoms with Crippen LogP contribution in [0.25, 0.3) is 21.7 Å². The van der Waals surface area contributed by atoms with Crippen molar-refractivity contribution in [2.75, 3.05) is 5.73 Å². The molecule has 0 aliphatic heterocycles. The van der Waals surface area contributed by atoms with Crippen molar-refractivity contribution < 1.29 is 4.42 Å². The van der Waals surface area contributed by atoms with Crippen LogP contribution < -0.4 is 5.73 Å². The summed E-state index contributed by atoms with van der Waals surface area (Å²) in [6.07, 6.45) is 3.33. The quantitative estimate of drug-likeness (QED) is 0.696. The zero-order valence-electron chi connectivity index (χ0n) is 8.47. The Balaban J connectivity index is 2.17. The molecule has 0 unspecified atom stereocenters. The Morgan fingerprint density at radius 1 is 1.38 bits per heavy atom. The third kappa shape index (κ3) is 1.43. The highest BCUT2D eigenvalue weighted by Gasteiger charge is 2.08. The van der Waals surface area contributed by atoms with Crippen LogP contribution >= 0.6 is 11.3 Å². The van der Waals surface area contributed by atoms with Crippen LogP contribution in [0.5, 0.6) is 0 Å². The summed E-state index contributed by atoms with van der Waals surface area (Å²) in [5, 5.41) is 0.482. The SMILES string of the molecule is Cc1cc(-c2cnc3nc(N)sc3n2)co1. The maximum atomic E-state index is 5.59. The summed E-state index contributed by atoms with van der Waals surface area (Å²) in [5.41, 5.74) is 7.87. The van der Waals surface area contributed by atoms with Crippen molar-refractivity contribution in [3.8, 4) is 11.3 Å². The first-order valence-corrected chi connectivity index (χ1v) is 5.48. The molecule has 3 rings (SSSR count). The Morgan fingerprint density at radius 3 is 3.00 bits per heavy atom. The van der Waals surface area contributed by atoms with E-state index in [9.17, 15) is 0 Å². The summed E-state index contributed by atoms with van der Waals surface area (Å²) < 4.78 is 5.23. The lowest BCUT2D eigenvalue weighted by Gasteiger charge is -1.93. The largest absolute Gasteiger partial charge is 0.469 e. The van der Waals surface area contributed by atoms with Gasteiger partial charge >= 0.3 is 0 Å². The molecule has 6 heteroatoms. The van der Waals surface area contributed by atoms with Gasteiger partial charge in [-0.1, -0.05) is 11.3 Å². The lowest BCUT2D eigenvalue weighted by molar-refractivity contribution is 0.535. The highest BCUT2D eigenvalue weighted by molar-refractivity contribution is 7.21. The van der Waals surface area contributed by atoms with Gasteiger partial charge in [0.2, 0.25) is 0 Å². The number of rotatable bonds is 1. The van der Waals surface area contributed by atoms with Gasteiger partial charge in [0.25, 0.3) is 0 Å². The normalized spacial score (nSPS) is 11.1. The van der Waals surface area contributed by atoms with Crippen molar-refractivity contribution in [3.05, 3.63) is 24.3 Å². The van der Waals surface area contributed by atoms with Crippen LogP contribution in [0.15, 0.2) is 22.9 Å². The summed E-state index contributed by atoms with van der Waals surface area (Å²) in [6.45, 7) is 1.89. The van der Waals surface area contributed by atoms with Crippen LogP contribution in [0.2, 0.25) is 0 Å². The second-order valence-electron chi connectivity index (χ2n) is 3.38. The highest BCUT2D eigenvalue weighted by Crippen LogP contribution is 2.24. The monoisotopic (exact) mass is 232 g/mol. The fourth-order valence-electron chi connectivity index (χ4n) is 1.45. The van der Waals surface area contributed by atoms with E-state index in [4.69, 9.17) is 10.2 Å². The van der Waals surface area contributed by atoms with Gasteiger partial charge in [0.05, 0.1) is 11.9 Å². The molecule has 3 aromatic heterocycles. The van der Waals surface area contributed by atoms with Crippen LogP contribution in [-0.4, -0.2) is 15.0 Å². The van der Waals surface area contributed by atoms with Crippen LogP contribution in [0, 0.1) is 6.92 Å². The van der Waals surface area contributed by atoms with E-state index in [0.717, 1.165) is 21.8 Å². The van der Waals surface area contributed by atoms with Crippen LogP contribution in [0.1, 0.15) is 5.76 Å². The van der Waals surface area contributed by atoms with Crippen molar-refractivity contribution in [2.24, 2.45) is 0 Å². The van der Waals surface area contributed by atoms with E-state index < -0.39 is 0 Å². The zero-order chi connectivity index (χ0) is 11.1. The minimum absolute atomic E-state index is 0.482. The number of aryl methyl sites for hydroxylation is 1. The molecule has 0 saturated carbocycles. The number of hydrogen-bond donors (Lipinski definition) is 1. The fraction of sp³-hybridized carbons (Fsp3) is 0.100. The van der Waals surface area contributed by atoms with Gasteiger partial charge in [-0.2, -0.15) is 4.98 Å². The number of thiazole rings is 1. The molecule has 16 heavy (non-hydrogen) atoms. The van der Waals surface area contributed by atoms with Crippen molar-refractivity contribution in [1.82, 2.24) is 15.0 Å². The van der Waals surface area contributed by atoms with Crippen molar-refractivity contribution in [1.29, 1.82) is 0 Å². The molecular weight excluding hydrogens is 224 g/mol. The number of nitrogens with two attached hydrogens (primary N) is 1. The molecule has 3 heterocycles. The topological polar surface area (TPSA) is 77.8 Å². The molecule has 0 spiro atoms. The summed E-state index contributed by atoms with van der Waals surface area (Å²) in [5.74, 6) is 0.848. The molecule has 2 N–H and O–H groups in total. The molecule has 0 saturated heterocycles. The average molecular weight is 232 g/mol. The molecule has 0 radical (unpaired) electrons. The van der Waals surface area contributed by atoms with E-state index in [1.54, 1.807) is 12.5 Å². The predicted molar refractivity (Wildman–Crippen MR) is 62.1 cm³/mol. The maximum absolute atomic E-state index is 5.59. The number of furan rings is 1. The molecule has 0 bridgehead atoms. The Kier molecular flexibility index (Phi) is 1.90. The van der Waals surface area contributed by atoms with Crippen LogP contribution in [0.4, 0.5) is 5.13 Å². The molecule has 3 aromatic rings.